The van der Waals surface area contributed by atoms with E-state index in [1.807, 2.05) is 0 Å². The molecule has 0 saturated heterocycles. The Balaban J connectivity index is 2.49. The van der Waals surface area contributed by atoms with Gasteiger partial charge < -0.3 is 25.3 Å². The summed E-state index contributed by atoms with van der Waals surface area (Å²) in [4.78, 5) is 11.5. The lowest BCUT2D eigenvalue weighted by atomic mass is 10.1. The van der Waals surface area contributed by atoms with Crippen LogP contribution < -0.4 is 11.1 Å². The quantitative estimate of drug-likeness (QED) is 0.410. The number of carbonyl (C=O) groups is 1. The molecular weight excluding hydrogens is 279 g/mol. The summed E-state index contributed by atoms with van der Waals surface area (Å²) in [6.07, 6.45) is 0.696. The normalized spacial score (nSPS) is 10.4. The van der Waals surface area contributed by atoms with Gasteiger partial charge >= 0.3 is 5.97 Å². The molecule has 1 aromatic rings. The molecule has 0 atom stereocenters. The standard InChI is InChI=1S/C14H21FN2O4/c1-19-6-7-21-5-3-4-17-13-8-10(14(18)20-2)12(16)9-11(13)15/h8-9,17H,3-7,16H2,1-2H3. The Morgan fingerprint density at radius 3 is 2.71 bits per heavy atom. The summed E-state index contributed by atoms with van der Waals surface area (Å²) >= 11 is 0. The molecule has 0 aliphatic rings. The van der Waals surface area contributed by atoms with Gasteiger partial charge in [-0.05, 0) is 18.6 Å². The third-order valence-electron chi connectivity index (χ3n) is 2.76. The fraction of sp³-hybridized carbons (Fsp3) is 0.500. The van der Waals surface area contributed by atoms with Gasteiger partial charge in [0.25, 0.3) is 0 Å². The number of benzene rings is 1. The van der Waals surface area contributed by atoms with Gasteiger partial charge in [-0.25, -0.2) is 9.18 Å². The van der Waals surface area contributed by atoms with Crippen molar-refractivity contribution in [3.05, 3.63) is 23.5 Å². The molecule has 0 spiro atoms. The molecular formula is C14H21FN2O4. The van der Waals surface area contributed by atoms with Gasteiger partial charge in [0.05, 0.1) is 31.6 Å². The highest BCUT2D eigenvalue weighted by molar-refractivity contribution is 5.96. The van der Waals surface area contributed by atoms with Crippen LogP contribution >= 0.6 is 0 Å². The molecule has 0 saturated carbocycles. The number of rotatable bonds is 9. The fourth-order valence-electron chi connectivity index (χ4n) is 1.65. The number of ether oxygens (including phenoxy) is 3. The lowest BCUT2D eigenvalue weighted by molar-refractivity contribution is 0.0602. The molecule has 0 unspecified atom stereocenters. The van der Waals surface area contributed by atoms with E-state index in [0.29, 0.717) is 32.8 Å². The largest absolute Gasteiger partial charge is 0.465 e. The number of methoxy groups -OCH3 is 2. The van der Waals surface area contributed by atoms with Gasteiger partial charge in [-0.15, -0.1) is 0 Å². The third kappa shape index (κ3) is 5.57. The van der Waals surface area contributed by atoms with Gasteiger partial charge in [-0.3, -0.25) is 0 Å². The molecule has 3 N–H and O–H groups in total. The second-order valence-electron chi connectivity index (χ2n) is 4.30. The number of anilines is 2. The van der Waals surface area contributed by atoms with Crippen LogP contribution in [-0.4, -0.2) is 46.6 Å². The van der Waals surface area contributed by atoms with E-state index in [-0.39, 0.29) is 16.9 Å². The molecule has 118 valence electrons. The third-order valence-corrected chi connectivity index (χ3v) is 2.76. The fourth-order valence-corrected chi connectivity index (χ4v) is 1.65. The molecule has 1 aromatic carbocycles. The summed E-state index contributed by atoms with van der Waals surface area (Å²) in [6, 6.07) is 2.45. The molecule has 21 heavy (non-hydrogen) atoms. The summed E-state index contributed by atoms with van der Waals surface area (Å²) in [7, 11) is 2.85. The number of carbonyl (C=O) groups excluding carboxylic acids is 1. The number of hydrogen-bond donors (Lipinski definition) is 2. The molecule has 0 bridgehead atoms. The van der Waals surface area contributed by atoms with E-state index in [4.69, 9.17) is 15.2 Å². The van der Waals surface area contributed by atoms with Crippen molar-refractivity contribution in [2.75, 3.05) is 51.6 Å². The average molecular weight is 300 g/mol. The number of halogens is 1. The van der Waals surface area contributed by atoms with Gasteiger partial charge in [0.1, 0.15) is 5.82 Å². The van der Waals surface area contributed by atoms with Crippen molar-refractivity contribution in [3.8, 4) is 0 Å². The van der Waals surface area contributed by atoms with E-state index in [9.17, 15) is 9.18 Å². The van der Waals surface area contributed by atoms with E-state index < -0.39 is 11.8 Å². The maximum atomic E-state index is 13.7. The molecule has 0 aromatic heterocycles. The summed E-state index contributed by atoms with van der Waals surface area (Å²) in [6.45, 7) is 2.12. The van der Waals surface area contributed by atoms with Gasteiger partial charge in [0, 0.05) is 25.9 Å². The van der Waals surface area contributed by atoms with Crippen molar-refractivity contribution < 1.29 is 23.4 Å². The summed E-state index contributed by atoms with van der Waals surface area (Å²) in [5.41, 5.74) is 5.98. The Labute approximate surface area is 123 Å². The van der Waals surface area contributed by atoms with Crippen LogP contribution in [0.5, 0.6) is 0 Å². The number of hydrogen-bond acceptors (Lipinski definition) is 6. The first-order chi connectivity index (χ1) is 10.1. The van der Waals surface area contributed by atoms with Gasteiger partial charge in [-0.1, -0.05) is 0 Å². The Hall–Kier alpha value is -1.86. The summed E-state index contributed by atoms with van der Waals surface area (Å²) in [5.74, 6) is -1.11. The second-order valence-corrected chi connectivity index (χ2v) is 4.30. The Kier molecular flexibility index (Phi) is 7.49. The zero-order valence-corrected chi connectivity index (χ0v) is 12.3. The maximum Gasteiger partial charge on any atom is 0.340 e. The van der Waals surface area contributed by atoms with Crippen LogP contribution in [0, 0.1) is 5.82 Å². The van der Waals surface area contributed by atoms with E-state index in [1.165, 1.54) is 13.2 Å². The van der Waals surface area contributed by atoms with Crippen LogP contribution in [0.3, 0.4) is 0 Å². The number of nitrogen functional groups attached to an aromatic ring is 1. The SMILES string of the molecule is COCCOCCCNc1cc(C(=O)OC)c(N)cc1F. The maximum absolute atomic E-state index is 13.7. The number of nitrogens with one attached hydrogen (secondary N) is 1. The lowest BCUT2D eigenvalue weighted by Gasteiger charge is -2.11. The van der Waals surface area contributed by atoms with Crippen LogP contribution in [-0.2, 0) is 14.2 Å². The first-order valence-electron chi connectivity index (χ1n) is 6.58. The van der Waals surface area contributed by atoms with E-state index in [1.54, 1.807) is 7.11 Å². The minimum Gasteiger partial charge on any atom is -0.465 e. The molecule has 0 amide bonds. The summed E-state index contributed by atoms with van der Waals surface area (Å²) in [5, 5.41) is 2.90. The first-order valence-corrected chi connectivity index (χ1v) is 6.58. The molecule has 0 fully saturated rings. The molecule has 0 radical (unpaired) electrons. The van der Waals surface area contributed by atoms with Crippen molar-refractivity contribution in [1.82, 2.24) is 0 Å². The number of esters is 1. The van der Waals surface area contributed by atoms with E-state index in [2.05, 4.69) is 10.1 Å². The molecule has 0 heterocycles. The molecule has 7 heteroatoms. The smallest absolute Gasteiger partial charge is 0.340 e. The minimum absolute atomic E-state index is 0.0489. The van der Waals surface area contributed by atoms with E-state index in [0.717, 1.165) is 6.07 Å². The monoisotopic (exact) mass is 300 g/mol. The average Bonchev–Trinajstić information content (AvgIpc) is 2.47. The minimum atomic E-state index is -0.599. The van der Waals surface area contributed by atoms with Crippen LogP contribution in [0.25, 0.3) is 0 Å². The zero-order valence-electron chi connectivity index (χ0n) is 12.3. The highest BCUT2D eigenvalue weighted by Gasteiger charge is 2.14. The zero-order chi connectivity index (χ0) is 15.7. The second kappa shape index (κ2) is 9.15. The highest BCUT2D eigenvalue weighted by atomic mass is 19.1. The molecule has 1 rings (SSSR count). The van der Waals surface area contributed by atoms with E-state index >= 15 is 0 Å². The van der Waals surface area contributed by atoms with Crippen molar-refractivity contribution in [2.24, 2.45) is 0 Å². The van der Waals surface area contributed by atoms with Crippen molar-refractivity contribution >= 4 is 17.3 Å². The summed E-state index contributed by atoms with van der Waals surface area (Å²) < 4.78 is 28.5. The van der Waals surface area contributed by atoms with Crippen molar-refractivity contribution in [2.45, 2.75) is 6.42 Å². The van der Waals surface area contributed by atoms with Gasteiger partial charge in [-0.2, -0.15) is 0 Å². The lowest BCUT2D eigenvalue weighted by Crippen LogP contribution is -2.11. The van der Waals surface area contributed by atoms with Crippen molar-refractivity contribution in [1.29, 1.82) is 0 Å². The van der Waals surface area contributed by atoms with Crippen molar-refractivity contribution in [3.63, 3.8) is 0 Å². The predicted molar refractivity (Wildman–Crippen MR) is 78.0 cm³/mol. The predicted octanol–water partition coefficient (Wildman–Crippen LogP) is 1.66. The molecule has 6 nitrogen and oxygen atoms in total. The Morgan fingerprint density at radius 1 is 1.29 bits per heavy atom. The van der Waals surface area contributed by atoms with Gasteiger partial charge in [0.2, 0.25) is 0 Å². The van der Waals surface area contributed by atoms with Crippen LogP contribution in [0.1, 0.15) is 16.8 Å². The van der Waals surface area contributed by atoms with Gasteiger partial charge in [0.15, 0.2) is 0 Å². The van der Waals surface area contributed by atoms with Crippen LogP contribution in [0.15, 0.2) is 12.1 Å². The Morgan fingerprint density at radius 2 is 2.05 bits per heavy atom. The Bertz CT molecular complexity index is 469. The topological polar surface area (TPSA) is 82.8 Å². The van der Waals surface area contributed by atoms with Crippen LogP contribution in [0.2, 0.25) is 0 Å². The highest BCUT2D eigenvalue weighted by Crippen LogP contribution is 2.22. The van der Waals surface area contributed by atoms with Crippen LogP contribution in [0.4, 0.5) is 15.8 Å². The molecule has 0 aliphatic heterocycles. The molecule has 0 aliphatic carbocycles. The first kappa shape index (κ1) is 17.2. The number of nitrogens with two attached hydrogens (primary N) is 1.